The molecular formula is C93H156N3O15P. The van der Waals surface area contributed by atoms with Gasteiger partial charge in [-0.15, -0.1) is 0 Å². The highest BCUT2D eigenvalue weighted by molar-refractivity contribution is 7.51. The number of ether oxygens (including phenoxy) is 6. The van der Waals surface area contributed by atoms with E-state index in [0.717, 1.165) is 186 Å². The van der Waals surface area contributed by atoms with Crippen molar-refractivity contribution in [2.75, 3.05) is 32.7 Å². The Morgan fingerprint density at radius 3 is 1.07 bits per heavy atom. The molecule has 0 saturated carbocycles. The summed E-state index contributed by atoms with van der Waals surface area (Å²) in [5, 5.41) is 20.7. The van der Waals surface area contributed by atoms with Crippen molar-refractivity contribution in [1.82, 2.24) is 16.0 Å². The lowest BCUT2D eigenvalue weighted by molar-refractivity contribution is -0.255. The number of carbonyl (C=O) groups is 5. The Bertz CT molecular complexity index is 2820. The average molecular weight is 1590 g/mol. The number of esters is 3. The summed E-state index contributed by atoms with van der Waals surface area (Å²) in [5.41, 5.74) is 3.97. The van der Waals surface area contributed by atoms with Gasteiger partial charge in [0.1, 0.15) is 42.9 Å². The first-order valence-electron chi connectivity index (χ1n) is 45.2. The van der Waals surface area contributed by atoms with Crippen LogP contribution in [0.3, 0.4) is 0 Å². The molecule has 3 unspecified atom stereocenters. The van der Waals surface area contributed by atoms with Gasteiger partial charge in [-0.3, -0.25) is 28.5 Å². The number of unbranched alkanes of at least 4 members (excludes halogenated alkanes) is 36. The summed E-state index contributed by atoms with van der Waals surface area (Å²) in [4.78, 5) is 91.6. The second-order valence-electron chi connectivity index (χ2n) is 32.1. The molecule has 8 atom stereocenters. The number of carbonyl (C=O) groups excluding carboxylic acids is 5. The fourth-order valence-corrected chi connectivity index (χ4v) is 15.6. The van der Waals surface area contributed by atoms with Crippen molar-refractivity contribution in [2.45, 2.75) is 416 Å². The van der Waals surface area contributed by atoms with Crippen LogP contribution in [0.5, 0.6) is 0 Å². The van der Waals surface area contributed by atoms with E-state index in [1.54, 1.807) is 0 Å². The van der Waals surface area contributed by atoms with Gasteiger partial charge in [-0.1, -0.05) is 324 Å². The maximum atomic E-state index is 15.0. The molecule has 0 spiro atoms. The first-order chi connectivity index (χ1) is 54.7. The van der Waals surface area contributed by atoms with E-state index < -0.39 is 81.1 Å². The van der Waals surface area contributed by atoms with E-state index in [1.807, 2.05) is 18.2 Å². The number of nitrogens with one attached hydrogen (secondary N) is 3. The van der Waals surface area contributed by atoms with Gasteiger partial charge in [0.25, 0.3) is 0 Å². The van der Waals surface area contributed by atoms with E-state index >= 15 is 0 Å². The number of aliphatic hydroxyl groups excluding tert-OH is 1. The first-order valence-corrected chi connectivity index (χ1v) is 47.0. The molecule has 0 bridgehead atoms. The Labute approximate surface area is 678 Å². The van der Waals surface area contributed by atoms with Gasteiger partial charge in [0, 0.05) is 25.8 Å². The topological polar surface area (TPSA) is 255 Å². The number of hydrogen-bond donors (Lipinski definition) is 6. The quantitative estimate of drug-likeness (QED) is 0.0133. The number of aryl methyl sites for hydroxylation is 3. The summed E-state index contributed by atoms with van der Waals surface area (Å²) in [5.74, 6) is -2.09. The van der Waals surface area contributed by atoms with Crippen LogP contribution in [0, 0.1) is 0 Å². The Balaban J connectivity index is 1.57. The number of rotatable bonds is 74. The first kappa shape index (κ1) is 99.3. The highest BCUT2D eigenvalue weighted by atomic mass is 31.2. The molecule has 2 amide bonds. The fraction of sp³-hybridized carbons (Fsp3) is 0.753. The van der Waals surface area contributed by atoms with Crippen LogP contribution in [0.1, 0.15) is 365 Å². The van der Waals surface area contributed by atoms with Crippen LogP contribution < -0.4 is 16.0 Å². The molecule has 1 fully saturated rings. The smallest absolute Gasteiger partial charge is 0.350 e. The maximum Gasteiger partial charge on any atom is 0.350 e. The molecule has 0 radical (unpaired) electrons. The largest absolute Gasteiger partial charge is 0.462 e. The van der Waals surface area contributed by atoms with Gasteiger partial charge in [0.15, 0.2) is 6.29 Å². The van der Waals surface area contributed by atoms with Crippen molar-refractivity contribution in [1.29, 1.82) is 0 Å². The number of hydrogen-bond acceptors (Lipinski definition) is 14. The Kier molecular flexibility index (Phi) is 59.4. The van der Waals surface area contributed by atoms with Gasteiger partial charge in [-0.2, -0.15) is 0 Å². The zero-order valence-corrected chi connectivity index (χ0v) is 71.1. The molecule has 3 aromatic carbocycles. The summed E-state index contributed by atoms with van der Waals surface area (Å²) in [6.07, 6.45) is 42.6. The predicted octanol–water partition coefficient (Wildman–Crippen LogP) is 21.2. The molecule has 0 aliphatic carbocycles. The van der Waals surface area contributed by atoms with Crippen molar-refractivity contribution in [2.24, 2.45) is 0 Å². The minimum atomic E-state index is -4.89. The van der Waals surface area contributed by atoms with E-state index in [0.29, 0.717) is 51.5 Å². The molecule has 1 saturated heterocycles. The van der Waals surface area contributed by atoms with E-state index in [4.69, 9.17) is 28.4 Å². The lowest BCUT2D eigenvalue weighted by atomic mass is 9.92. The third kappa shape index (κ3) is 52.5. The van der Waals surface area contributed by atoms with Gasteiger partial charge in [0.2, 0.25) is 11.8 Å². The predicted molar refractivity (Wildman–Crippen MR) is 453 cm³/mol. The molecule has 0 aromatic heterocycles. The van der Waals surface area contributed by atoms with Crippen molar-refractivity contribution in [3.63, 3.8) is 0 Å². The van der Waals surface area contributed by atoms with Crippen LogP contribution in [0.15, 0.2) is 91.0 Å². The van der Waals surface area contributed by atoms with Gasteiger partial charge < -0.3 is 59.3 Å². The van der Waals surface area contributed by atoms with Crippen LogP contribution in [0.4, 0.5) is 0 Å². The summed E-state index contributed by atoms with van der Waals surface area (Å²) in [6.45, 7) is 6.72. The Morgan fingerprint density at radius 2 is 0.714 bits per heavy atom. The van der Waals surface area contributed by atoms with Crippen molar-refractivity contribution >= 4 is 37.3 Å². The van der Waals surface area contributed by atoms with Crippen molar-refractivity contribution in [3.05, 3.63) is 108 Å². The average Bonchev–Trinajstić information content (AvgIpc) is 0.784. The molecule has 6 N–H and O–H groups in total. The third-order valence-electron chi connectivity index (χ3n) is 21.9. The van der Waals surface area contributed by atoms with Gasteiger partial charge in [-0.05, 0) is 126 Å². The molecule has 18 nitrogen and oxygen atoms in total. The third-order valence-corrected chi connectivity index (χ3v) is 22.3. The van der Waals surface area contributed by atoms with Crippen molar-refractivity contribution < 1.29 is 71.9 Å². The van der Waals surface area contributed by atoms with Crippen LogP contribution in [-0.2, 0) is 76.2 Å². The van der Waals surface area contributed by atoms with E-state index in [2.05, 4.69) is 110 Å². The summed E-state index contributed by atoms with van der Waals surface area (Å²) >= 11 is 0. The SMILES string of the molecule is CCCCCCCCCCC[C@H](CCNCCO[C@@H]1OC(CO)[C@@H](OCP(=O)(O)O)C(NC(=O)C[C@@H](CCCCCCCCCCC)OC(=O)CCCCCCCc2ccccc2)C1NC(=O)C[C@@H](CCCCCCCCCCC)OC(=O)CCCCCCCc1ccccc1)OC(=O)CCCCCCCc1ccccc1. The molecule has 112 heavy (non-hydrogen) atoms. The normalized spacial score (nSPS) is 16.5. The zero-order valence-electron chi connectivity index (χ0n) is 70.2. The fourth-order valence-electron chi connectivity index (χ4n) is 15.3. The molecular weight excluding hydrogens is 1430 g/mol. The number of benzene rings is 3. The Hall–Kier alpha value is -5.04. The second-order valence-corrected chi connectivity index (χ2v) is 33.7. The van der Waals surface area contributed by atoms with E-state index in [-0.39, 0.29) is 56.9 Å². The van der Waals surface area contributed by atoms with Crippen LogP contribution in [-0.4, -0.2) is 126 Å². The summed E-state index contributed by atoms with van der Waals surface area (Å²) in [7, 11) is -4.89. The minimum absolute atomic E-state index is 0.00817. The molecule has 3 aromatic rings. The zero-order chi connectivity index (χ0) is 80.4. The molecule has 1 aliphatic heterocycles. The van der Waals surface area contributed by atoms with E-state index in [9.17, 15) is 43.4 Å². The lowest BCUT2D eigenvalue weighted by Gasteiger charge is -2.46. The maximum absolute atomic E-state index is 15.0. The highest BCUT2D eigenvalue weighted by Gasteiger charge is 2.49. The molecule has 1 heterocycles. The molecule has 19 heteroatoms. The van der Waals surface area contributed by atoms with Crippen molar-refractivity contribution in [3.8, 4) is 0 Å². The number of aliphatic hydroxyl groups is 1. The van der Waals surface area contributed by atoms with Gasteiger partial charge in [0.05, 0.1) is 32.1 Å². The monoisotopic (exact) mass is 1590 g/mol. The summed E-state index contributed by atoms with van der Waals surface area (Å²) < 4.78 is 50.4. The van der Waals surface area contributed by atoms with Gasteiger partial charge >= 0.3 is 25.5 Å². The number of amides is 2. The van der Waals surface area contributed by atoms with Gasteiger partial charge in [-0.25, -0.2) is 0 Å². The highest BCUT2D eigenvalue weighted by Crippen LogP contribution is 2.37. The second kappa shape index (κ2) is 67.0. The van der Waals surface area contributed by atoms with Crippen LogP contribution in [0.25, 0.3) is 0 Å². The van der Waals surface area contributed by atoms with E-state index in [1.165, 1.54) is 107 Å². The molecule has 4 rings (SSSR count). The molecule has 638 valence electrons. The standard InChI is InChI=1S/C93H156N3O15P/c1-4-7-10-13-16-19-22-31-49-64-81(108-87(100)67-52-34-25-28-40-55-78-58-43-37-44-59-78)70-71-94-72-73-106-93-91(96-86(99)75-83(66-51-33-24-21-18-15-12-9-6-3)110-89(102)69-54-36-27-30-42-57-80-62-47-39-48-63-80)90(92(84(76-97)111-93)107-77-112(103,104)105)95-85(98)74-82(65-50-32-23-20-17-14-11-8-5-2)109-88(101)68-53-35-26-29-41-56-79-60-45-38-46-61-79/h37-39,43-48,58-63,81-84,90-94,97H,4-36,40-42,49-57,64-77H2,1-3H3,(H,95,98)(H,96,99)(H2,103,104,105)/t81-,82-,83-,84?,90?,91?,92-,93-/m1/s1. The van der Waals surface area contributed by atoms with Crippen LogP contribution in [0.2, 0.25) is 0 Å². The minimum Gasteiger partial charge on any atom is -0.462 e. The van der Waals surface area contributed by atoms with Crippen LogP contribution >= 0.6 is 7.60 Å². The summed E-state index contributed by atoms with van der Waals surface area (Å²) in [6, 6.07) is 28.8. The lowest BCUT2D eigenvalue weighted by Crippen LogP contribution is -2.70. The molecule has 1 aliphatic rings. The Morgan fingerprint density at radius 1 is 0.393 bits per heavy atom.